The van der Waals surface area contributed by atoms with Crippen molar-refractivity contribution in [1.29, 1.82) is 0 Å². The molecule has 2 aromatic carbocycles. The van der Waals surface area contributed by atoms with Crippen LogP contribution < -0.4 is 5.43 Å². The van der Waals surface area contributed by atoms with Crippen molar-refractivity contribution in [2.45, 2.75) is 13.8 Å². The molecule has 0 aliphatic heterocycles. The van der Waals surface area contributed by atoms with Crippen LogP contribution in [0.4, 0.5) is 0 Å². The molecule has 0 aliphatic carbocycles. The van der Waals surface area contributed by atoms with Gasteiger partial charge in [-0.25, -0.2) is 5.43 Å². The highest BCUT2D eigenvalue weighted by Gasteiger charge is 2.04. The summed E-state index contributed by atoms with van der Waals surface area (Å²) in [5, 5.41) is 13.4. The number of nitrogens with zero attached hydrogens (tertiary/aromatic N) is 1. The number of carbonyl (C=O) groups is 1. The van der Waals surface area contributed by atoms with E-state index in [4.69, 9.17) is 0 Å². The molecule has 0 aromatic heterocycles. The van der Waals surface area contributed by atoms with E-state index < -0.39 is 0 Å². The Morgan fingerprint density at radius 2 is 1.80 bits per heavy atom. The smallest absolute Gasteiger partial charge is 0.271 e. The van der Waals surface area contributed by atoms with Crippen LogP contribution in [0.2, 0.25) is 0 Å². The van der Waals surface area contributed by atoms with E-state index in [1.165, 1.54) is 0 Å². The number of phenolic OH excluding ortho intramolecular Hbond substituents is 1. The third-order valence-electron chi connectivity index (χ3n) is 2.90. The molecule has 0 saturated heterocycles. The van der Waals surface area contributed by atoms with Gasteiger partial charge in [0.05, 0.1) is 5.71 Å². The lowest BCUT2D eigenvalue weighted by atomic mass is 10.1. The molecular weight excluding hydrogens is 252 g/mol. The lowest BCUT2D eigenvalue weighted by Crippen LogP contribution is -2.19. The van der Waals surface area contributed by atoms with Crippen molar-refractivity contribution in [3.8, 4) is 5.75 Å². The van der Waals surface area contributed by atoms with Gasteiger partial charge in [-0.1, -0.05) is 29.8 Å². The van der Waals surface area contributed by atoms with Gasteiger partial charge in [0, 0.05) is 11.1 Å². The Kier molecular flexibility index (Phi) is 4.15. The molecule has 2 aromatic rings. The van der Waals surface area contributed by atoms with E-state index in [1.54, 1.807) is 37.3 Å². The summed E-state index contributed by atoms with van der Waals surface area (Å²) < 4.78 is 0. The van der Waals surface area contributed by atoms with Crippen LogP contribution in [0.5, 0.6) is 5.75 Å². The molecule has 0 radical (unpaired) electrons. The van der Waals surface area contributed by atoms with Gasteiger partial charge in [0.25, 0.3) is 5.91 Å². The van der Waals surface area contributed by atoms with Crippen molar-refractivity contribution in [3.05, 3.63) is 65.2 Å². The predicted molar refractivity (Wildman–Crippen MR) is 79.0 cm³/mol. The molecule has 1 amide bonds. The molecule has 4 heteroatoms. The average Bonchev–Trinajstić information content (AvgIpc) is 2.45. The maximum Gasteiger partial charge on any atom is 0.271 e. The first-order valence-corrected chi connectivity index (χ1v) is 6.27. The molecule has 102 valence electrons. The first kappa shape index (κ1) is 13.8. The number of carbonyl (C=O) groups excluding carboxylic acids is 1. The van der Waals surface area contributed by atoms with Gasteiger partial charge in [0.15, 0.2) is 0 Å². The van der Waals surface area contributed by atoms with Gasteiger partial charge in [-0.05, 0) is 38.1 Å². The van der Waals surface area contributed by atoms with E-state index in [-0.39, 0.29) is 11.7 Å². The third kappa shape index (κ3) is 3.45. The third-order valence-corrected chi connectivity index (χ3v) is 2.90. The van der Waals surface area contributed by atoms with Crippen LogP contribution in [0.1, 0.15) is 28.4 Å². The Bertz CT molecular complexity index is 646. The lowest BCUT2D eigenvalue weighted by Gasteiger charge is -2.04. The number of benzene rings is 2. The second-order valence-electron chi connectivity index (χ2n) is 4.55. The Hall–Kier alpha value is -2.62. The van der Waals surface area contributed by atoms with Crippen molar-refractivity contribution in [3.63, 3.8) is 0 Å². The summed E-state index contributed by atoms with van der Waals surface area (Å²) in [4.78, 5) is 11.9. The number of phenols is 1. The van der Waals surface area contributed by atoms with Crippen LogP contribution in [0, 0.1) is 6.92 Å². The van der Waals surface area contributed by atoms with Crippen molar-refractivity contribution >= 4 is 11.6 Å². The number of aryl methyl sites for hydroxylation is 1. The number of nitrogens with one attached hydrogen (secondary N) is 1. The van der Waals surface area contributed by atoms with Crippen LogP contribution in [0.25, 0.3) is 0 Å². The van der Waals surface area contributed by atoms with E-state index >= 15 is 0 Å². The summed E-state index contributed by atoms with van der Waals surface area (Å²) in [6.07, 6.45) is 0. The quantitative estimate of drug-likeness (QED) is 0.664. The summed E-state index contributed by atoms with van der Waals surface area (Å²) in [5.74, 6) is -0.0913. The van der Waals surface area contributed by atoms with Gasteiger partial charge in [-0.15, -0.1) is 0 Å². The van der Waals surface area contributed by atoms with E-state index in [9.17, 15) is 9.90 Å². The normalized spacial score (nSPS) is 11.2. The van der Waals surface area contributed by atoms with Crippen LogP contribution in [0.15, 0.2) is 53.6 Å². The predicted octanol–water partition coefficient (Wildman–Crippen LogP) is 2.85. The second-order valence-corrected chi connectivity index (χ2v) is 4.55. The van der Waals surface area contributed by atoms with Crippen LogP contribution in [-0.4, -0.2) is 16.7 Å². The Morgan fingerprint density at radius 1 is 1.10 bits per heavy atom. The molecule has 0 atom stereocenters. The first-order chi connectivity index (χ1) is 9.56. The van der Waals surface area contributed by atoms with Crippen molar-refractivity contribution in [2.24, 2.45) is 5.10 Å². The molecule has 4 nitrogen and oxygen atoms in total. The largest absolute Gasteiger partial charge is 0.508 e. The topological polar surface area (TPSA) is 61.7 Å². The van der Waals surface area contributed by atoms with E-state index in [0.29, 0.717) is 11.3 Å². The molecule has 0 heterocycles. The van der Waals surface area contributed by atoms with Crippen molar-refractivity contribution < 1.29 is 9.90 Å². The number of hydrogen-bond donors (Lipinski definition) is 2. The Morgan fingerprint density at radius 3 is 2.45 bits per heavy atom. The highest BCUT2D eigenvalue weighted by molar-refractivity contribution is 6.01. The molecule has 0 bridgehead atoms. The van der Waals surface area contributed by atoms with Gasteiger partial charge in [0.1, 0.15) is 5.75 Å². The minimum Gasteiger partial charge on any atom is -0.508 e. The fourth-order valence-corrected chi connectivity index (χ4v) is 1.70. The minimum atomic E-state index is -0.260. The lowest BCUT2D eigenvalue weighted by molar-refractivity contribution is 0.0955. The average molecular weight is 268 g/mol. The maximum atomic E-state index is 11.9. The molecular formula is C16H16N2O2. The highest BCUT2D eigenvalue weighted by Crippen LogP contribution is 2.11. The van der Waals surface area contributed by atoms with Crippen LogP contribution in [-0.2, 0) is 0 Å². The first-order valence-electron chi connectivity index (χ1n) is 6.27. The van der Waals surface area contributed by atoms with Gasteiger partial charge in [-0.3, -0.25) is 4.79 Å². The van der Waals surface area contributed by atoms with E-state index in [1.807, 2.05) is 25.1 Å². The highest BCUT2D eigenvalue weighted by atomic mass is 16.3. The number of aromatic hydroxyl groups is 1. The van der Waals surface area contributed by atoms with Gasteiger partial charge in [0.2, 0.25) is 0 Å². The van der Waals surface area contributed by atoms with Crippen molar-refractivity contribution in [2.75, 3.05) is 0 Å². The minimum absolute atomic E-state index is 0.168. The maximum absolute atomic E-state index is 11.9. The Balaban J connectivity index is 2.08. The number of hydrazone groups is 1. The van der Waals surface area contributed by atoms with Gasteiger partial charge < -0.3 is 5.11 Å². The molecule has 0 unspecified atom stereocenters. The monoisotopic (exact) mass is 268 g/mol. The molecule has 2 N–H and O–H groups in total. The number of rotatable bonds is 3. The summed E-state index contributed by atoms with van der Waals surface area (Å²) in [5.41, 5.74) is 5.54. The van der Waals surface area contributed by atoms with Crippen LogP contribution in [0.3, 0.4) is 0 Å². The molecule has 2 rings (SSSR count). The fraction of sp³-hybridized carbons (Fsp3) is 0.125. The molecule has 20 heavy (non-hydrogen) atoms. The van der Waals surface area contributed by atoms with E-state index in [2.05, 4.69) is 10.5 Å². The number of amides is 1. The Labute approximate surface area is 117 Å². The zero-order chi connectivity index (χ0) is 14.5. The molecule has 0 spiro atoms. The molecule has 0 fully saturated rings. The fourth-order valence-electron chi connectivity index (χ4n) is 1.70. The summed E-state index contributed by atoms with van der Waals surface area (Å²) >= 11 is 0. The number of hydrogen-bond acceptors (Lipinski definition) is 3. The second kappa shape index (κ2) is 6.02. The van der Waals surface area contributed by atoms with Gasteiger partial charge in [-0.2, -0.15) is 5.10 Å². The van der Waals surface area contributed by atoms with Crippen LogP contribution >= 0.6 is 0 Å². The SMILES string of the molecule is C/C(=N\NC(=O)c1ccc(C)cc1)c1cccc(O)c1. The standard InChI is InChI=1S/C16H16N2O2/c1-11-6-8-13(9-7-11)16(20)18-17-12(2)14-4-3-5-15(19)10-14/h3-10,19H,1-2H3,(H,18,20)/b17-12+. The summed E-state index contributed by atoms with van der Waals surface area (Å²) in [6, 6.07) is 14.0. The van der Waals surface area contributed by atoms with Gasteiger partial charge >= 0.3 is 0 Å². The summed E-state index contributed by atoms with van der Waals surface area (Å²) in [6.45, 7) is 3.73. The van der Waals surface area contributed by atoms with Crippen molar-refractivity contribution in [1.82, 2.24) is 5.43 Å². The molecule has 0 aliphatic rings. The zero-order valence-electron chi connectivity index (χ0n) is 11.4. The van der Waals surface area contributed by atoms with E-state index in [0.717, 1.165) is 11.1 Å². The molecule has 0 saturated carbocycles. The zero-order valence-corrected chi connectivity index (χ0v) is 11.4. The summed E-state index contributed by atoms with van der Waals surface area (Å²) in [7, 11) is 0.